The minimum atomic E-state index is -4.65. The maximum atomic E-state index is 14.9. The molecule has 0 saturated carbocycles. The lowest BCUT2D eigenvalue weighted by Crippen LogP contribution is -2.68. The molecule has 1 aromatic carbocycles. The summed E-state index contributed by atoms with van der Waals surface area (Å²) in [6, 6.07) is 8.36. The summed E-state index contributed by atoms with van der Waals surface area (Å²) in [4.78, 5) is 47.3. The maximum Gasteiger partial charge on any atom is 0.425 e. The first-order valence-electron chi connectivity index (χ1n) is 17.7. The van der Waals surface area contributed by atoms with Gasteiger partial charge in [-0.3, -0.25) is 24.1 Å². The maximum absolute atomic E-state index is 14.9. The SMILES string of the molecule is CCC[C@H]1N(C(=O)c2cnccc2C(C)(F)F)CCC[C@@]1(Oc1csc(C(F)(F)F)c1)C(=O)N1CCC(c2ccccc2CCC(=O)NS(C)(=O)=O)CC1. The fourth-order valence-electron chi connectivity index (χ4n) is 7.56. The molecule has 54 heavy (non-hydrogen) atoms. The zero-order chi connectivity index (χ0) is 39.5. The molecule has 0 bridgehead atoms. The molecule has 0 aliphatic carbocycles. The Kier molecular flexibility index (Phi) is 12.4. The van der Waals surface area contributed by atoms with E-state index in [0.29, 0.717) is 43.9 Å². The van der Waals surface area contributed by atoms with Gasteiger partial charge < -0.3 is 14.5 Å². The van der Waals surface area contributed by atoms with Gasteiger partial charge in [-0.15, -0.1) is 11.3 Å². The Hall–Kier alpha value is -4.12. The summed E-state index contributed by atoms with van der Waals surface area (Å²) >= 11 is 0.420. The van der Waals surface area contributed by atoms with Crippen LogP contribution in [0.25, 0.3) is 0 Å². The van der Waals surface area contributed by atoms with Crippen molar-refractivity contribution in [2.45, 2.75) is 94.9 Å². The highest BCUT2D eigenvalue weighted by Crippen LogP contribution is 2.43. The number of nitrogens with zero attached hydrogens (tertiary/aromatic N) is 3. The first-order chi connectivity index (χ1) is 25.3. The quantitative estimate of drug-likeness (QED) is 0.198. The summed E-state index contributed by atoms with van der Waals surface area (Å²) in [5.74, 6) is -5.50. The Morgan fingerprint density at radius 3 is 2.41 bits per heavy atom. The van der Waals surface area contributed by atoms with E-state index in [-0.39, 0.29) is 62.5 Å². The van der Waals surface area contributed by atoms with Crippen molar-refractivity contribution in [1.82, 2.24) is 19.5 Å². The number of ether oxygens (including phenoxy) is 1. The molecule has 3 amide bonds. The number of likely N-dealkylation sites (tertiary alicyclic amines) is 2. The number of aromatic nitrogens is 1. The second-order valence-corrected chi connectivity index (χ2v) is 16.6. The van der Waals surface area contributed by atoms with E-state index in [1.165, 1.54) is 10.3 Å². The number of hydrogen-bond acceptors (Lipinski definition) is 8. The minimum Gasteiger partial charge on any atom is -0.474 e. The summed E-state index contributed by atoms with van der Waals surface area (Å²) in [5, 5.41) is 1.18. The van der Waals surface area contributed by atoms with Crippen LogP contribution in [0.3, 0.4) is 0 Å². The average Bonchev–Trinajstić information content (AvgIpc) is 3.59. The predicted octanol–water partition coefficient (Wildman–Crippen LogP) is 6.91. The smallest absolute Gasteiger partial charge is 0.425 e. The normalized spacial score (nSPS) is 20.1. The Morgan fingerprint density at radius 1 is 1.07 bits per heavy atom. The monoisotopic (exact) mass is 798 g/mol. The zero-order valence-corrected chi connectivity index (χ0v) is 31.8. The summed E-state index contributed by atoms with van der Waals surface area (Å²) in [5.41, 5.74) is -0.882. The summed E-state index contributed by atoms with van der Waals surface area (Å²) in [6.45, 7) is 3.09. The number of amides is 3. The molecule has 0 spiro atoms. The van der Waals surface area contributed by atoms with Crippen LogP contribution >= 0.6 is 11.3 Å². The number of carbonyl (C=O) groups is 3. The van der Waals surface area contributed by atoms with Crippen LogP contribution in [0, 0.1) is 0 Å². The van der Waals surface area contributed by atoms with Crippen molar-refractivity contribution in [3.8, 4) is 5.75 Å². The lowest BCUT2D eigenvalue weighted by Gasteiger charge is -2.50. The van der Waals surface area contributed by atoms with Crippen molar-refractivity contribution in [3.05, 3.63) is 81.3 Å². The fraction of sp³-hybridized carbons (Fsp3) is 0.514. The number of carbonyl (C=O) groups excluding carboxylic acids is 3. The van der Waals surface area contributed by atoms with Gasteiger partial charge in [0.1, 0.15) is 10.6 Å². The highest BCUT2D eigenvalue weighted by Gasteiger charge is 2.56. The van der Waals surface area contributed by atoms with E-state index in [1.807, 2.05) is 35.9 Å². The zero-order valence-electron chi connectivity index (χ0n) is 30.1. The van der Waals surface area contributed by atoms with Gasteiger partial charge in [-0.1, -0.05) is 37.6 Å². The van der Waals surface area contributed by atoms with Gasteiger partial charge in [0, 0.05) is 68.8 Å². The number of nitrogens with one attached hydrogen (secondary N) is 1. The van der Waals surface area contributed by atoms with Crippen molar-refractivity contribution in [2.75, 3.05) is 25.9 Å². The van der Waals surface area contributed by atoms with Gasteiger partial charge in [-0.2, -0.15) is 13.2 Å². The Balaban J connectivity index is 1.45. The van der Waals surface area contributed by atoms with Crippen molar-refractivity contribution in [1.29, 1.82) is 0 Å². The molecule has 2 aliphatic heterocycles. The number of pyridine rings is 1. The minimum absolute atomic E-state index is 0.0260. The molecule has 1 N–H and O–H groups in total. The highest BCUT2D eigenvalue weighted by atomic mass is 32.2. The third-order valence-electron chi connectivity index (χ3n) is 9.92. The topological polar surface area (TPSA) is 126 Å². The number of alkyl halides is 5. The van der Waals surface area contributed by atoms with Gasteiger partial charge in [0.2, 0.25) is 21.5 Å². The molecule has 2 aliphatic rings. The molecule has 2 saturated heterocycles. The molecule has 10 nitrogen and oxygen atoms in total. The largest absolute Gasteiger partial charge is 0.474 e. The third kappa shape index (κ3) is 9.39. The number of sulfonamides is 1. The number of hydrogen-bond donors (Lipinski definition) is 1. The molecule has 3 aromatic rings. The van der Waals surface area contributed by atoms with E-state index in [2.05, 4.69) is 4.98 Å². The summed E-state index contributed by atoms with van der Waals surface area (Å²) in [7, 11) is -3.70. The van der Waals surface area contributed by atoms with E-state index < -0.39 is 61.9 Å². The number of rotatable bonds is 12. The molecule has 294 valence electrons. The molecular weight excluding hydrogens is 756 g/mol. The van der Waals surface area contributed by atoms with Gasteiger partial charge in [0.05, 0.1) is 17.9 Å². The van der Waals surface area contributed by atoms with Gasteiger partial charge in [-0.25, -0.2) is 17.2 Å². The standard InChI is InChI=1S/C37H43F5N4O6S2/c1-4-8-30-36(52-26-21-31(53-23-26)37(40,41)42,16-7-18-46(30)33(48)28-22-43-17-13-29(28)35(2,38)39)34(49)45-19-14-25(15-20-45)27-10-6-5-9-24(27)11-12-32(47)44-54(3,50)51/h5-6,9-10,13,17,21-23,25,30H,4,7-8,11-12,14-16,18-20H2,1-3H3,(H,44,47)/t30-,36+/m1/s1. The molecular formula is C37H43F5N4O6S2. The van der Waals surface area contributed by atoms with Gasteiger partial charge in [0.15, 0.2) is 0 Å². The molecule has 2 fully saturated rings. The van der Waals surface area contributed by atoms with E-state index in [1.54, 1.807) is 4.90 Å². The van der Waals surface area contributed by atoms with Crippen LogP contribution in [-0.2, 0) is 38.1 Å². The van der Waals surface area contributed by atoms with E-state index in [9.17, 15) is 44.8 Å². The molecule has 5 rings (SSSR count). The predicted molar refractivity (Wildman–Crippen MR) is 192 cm³/mol. The van der Waals surface area contributed by atoms with E-state index >= 15 is 0 Å². The molecule has 17 heteroatoms. The Morgan fingerprint density at radius 2 is 1.78 bits per heavy atom. The van der Waals surface area contributed by atoms with E-state index in [0.717, 1.165) is 41.9 Å². The van der Waals surface area contributed by atoms with Crippen LogP contribution in [0.5, 0.6) is 5.75 Å². The molecule has 4 heterocycles. The lowest BCUT2D eigenvalue weighted by atomic mass is 9.78. The lowest BCUT2D eigenvalue weighted by molar-refractivity contribution is -0.160. The van der Waals surface area contributed by atoms with E-state index in [4.69, 9.17) is 4.74 Å². The summed E-state index contributed by atoms with van der Waals surface area (Å²) < 4.78 is 102. The highest BCUT2D eigenvalue weighted by molar-refractivity contribution is 7.89. The van der Waals surface area contributed by atoms with Crippen molar-refractivity contribution >= 4 is 39.1 Å². The Bertz CT molecular complexity index is 1940. The van der Waals surface area contributed by atoms with Crippen molar-refractivity contribution in [3.63, 3.8) is 0 Å². The average molecular weight is 799 g/mol. The number of halogens is 5. The third-order valence-corrected chi connectivity index (χ3v) is 11.5. The van der Waals surface area contributed by atoms with Crippen molar-refractivity contribution < 1.29 is 49.5 Å². The van der Waals surface area contributed by atoms with Gasteiger partial charge in [-0.05, 0) is 55.2 Å². The number of benzene rings is 1. The number of aryl methyl sites for hydroxylation is 1. The Labute approximate surface area is 315 Å². The molecule has 2 atom stereocenters. The van der Waals surface area contributed by atoms with Gasteiger partial charge >= 0.3 is 6.18 Å². The second kappa shape index (κ2) is 16.3. The van der Waals surface area contributed by atoms with Crippen LogP contribution in [-0.4, -0.2) is 78.5 Å². The number of piperidine rings is 2. The van der Waals surface area contributed by atoms with Crippen LogP contribution in [0.2, 0.25) is 0 Å². The number of thiophene rings is 1. The second-order valence-electron chi connectivity index (χ2n) is 13.9. The van der Waals surface area contributed by atoms with Gasteiger partial charge in [0.25, 0.3) is 17.7 Å². The van der Waals surface area contributed by atoms with Crippen LogP contribution < -0.4 is 9.46 Å². The summed E-state index contributed by atoms with van der Waals surface area (Å²) in [6.07, 6.45) is 0.621. The molecule has 2 aromatic heterocycles. The molecule has 0 unspecified atom stereocenters. The fourth-order valence-corrected chi connectivity index (χ4v) is 8.76. The van der Waals surface area contributed by atoms with Crippen LogP contribution in [0.4, 0.5) is 22.0 Å². The van der Waals surface area contributed by atoms with Crippen molar-refractivity contribution in [2.24, 2.45) is 0 Å². The first kappa shape index (κ1) is 41.1. The van der Waals surface area contributed by atoms with Crippen LogP contribution in [0.15, 0.2) is 54.2 Å². The first-order valence-corrected chi connectivity index (χ1v) is 20.5. The van der Waals surface area contributed by atoms with Crippen LogP contribution in [0.1, 0.15) is 96.6 Å². The molecule has 0 radical (unpaired) electrons.